The average Bonchev–Trinajstić information content (AvgIpc) is 2.92. The number of aromatic hydroxyl groups is 1. The zero-order valence-corrected chi connectivity index (χ0v) is 13.6. The summed E-state index contributed by atoms with van der Waals surface area (Å²) in [4.78, 5) is 2.17. The molecule has 1 aliphatic heterocycles. The van der Waals surface area contributed by atoms with Crippen LogP contribution in [0.4, 0.5) is 0 Å². The topological polar surface area (TPSA) is 52.9 Å². The van der Waals surface area contributed by atoms with Gasteiger partial charge in [0, 0.05) is 25.2 Å². The Bertz CT molecular complexity index is 701. The number of hydrogen-bond donors (Lipinski definition) is 2. The largest absolute Gasteiger partial charge is 0.504 e. The van der Waals surface area contributed by atoms with E-state index in [0.717, 1.165) is 23.2 Å². The molecule has 0 spiro atoms. The summed E-state index contributed by atoms with van der Waals surface area (Å²) in [7, 11) is 1.55. The molecule has 0 aliphatic carbocycles. The number of aryl methyl sites for hydroxylation is 1. The van der Waals surface area contributed by atoms with Gasteiger partial charge in [-0.1, -0.05) is 36.4 Å². The van der Waals surface area contributed by atoms with Crippen LogP contribution in [0.5, 0.6) is 11.5 Å². The Labute approximate surface area is 136 Å². The zero-order valence-electron chi connectivity index (χ0n) is 13.6. The van der Waals surface area contributed by atoms with Crippen LogP contribution in [0.3, 0.4) is 0 Å². The third kappa shape index (κ3) is 3.05. The highest BCUT2D eigenvalue weighted by Gasteiger charge is 2.38. The van der Waals surface area contributed by atoms with Crippen molar-refractivity contribution in [3.8, 4) is 11.5 Å². The number of methoxy groups -OCH3 is 1. The lowest BCUT2D eigenvalue weighted by molar-refractivity contribution is 0.0446. The van der Waals surface area contributed by atoms with Crippen molar-refractivity contribution in [2.75, 3.05) is 20.2 Å². The summed E-state index contributed by atoms with van der Waals surface area (Å²) in [6.45, 7) is 3.98. The molecule has 0 radical (unpaired) electrons. The van der Waals surface area contributed by atoms with E-state index < -0.39 is 5.60 Å². The maximum atomic E-state index is 11.0. The lowest BCUT2D eigenvalue weighted by atomic mass is 9.89. The molecule has 23 heavy (non-hydrogen) atoms. The van der Waals surface area contributed by atoms with Gasteiger partial charge in [-0.2, -0.15) is 0 Å². The van der Waals surface area contributed by atoms with Crippen LogP contribution in [0.2, 0.25) is 0 Å². The standard InChI is InChI=1S/C19H23NO3/c1-14-6-3-4-8-16(14)19(22)10-11-20(13-19)12-15-7-5-9-17(23-2)18(15)21/h3-9,21-22H,10-13H2,1-2H3. The maximum absolute atomic E-state index is 11.0. The Hall–Kier alpha value is -2.04. The summed E-state index contributed by atoms with van der Waals surface area (Å²) >= 11 is 0. The first-order chi connectivity index (χ1) is 11.0. The molecule has 0 amide bonds. The number of phenolic OH excluding ortho intramolecular Hbond substituents is 1. The number of phenols is 1. The van der Waals surface area contributed by atoms with Crippen LogP contribution in [0, 0.1) is 6.92 Å². The number of hydrogen-bond acceptors (Lipinski definition) is 4. The summed E-state index contributed by atoms with van der Waals surface area (Å²) in [6, 6.07) is 13.5. The van der Waals surface area contributed by atoms with Crippen LogP contribution in [0.25, 0.3) is 0 Å². The van der Waals surface area contributed by atoms with Gasteiger partial charge in [-0.25, -0.2) is 0 Å². The second-order valence-electron chi connectivity index (χ2n) is 6.28. The molecule has 1 aliphatic rings. The number of nitrogens with zero attached hydrogens (tertiary/aromatic N) is 1. The first-order valence-electron chi connectivity index (χ1n) is 7.89. The van der Waals surface area contributed by atoms with E-state index in [1.807, 2.05) is 43.3 Å². The Morgan fingerprint density at radius 3 is 2.70 bits per heavy atom. The number of para-hydroxylation sites is 1. The van der Waals surface area contributed by atoms with Gasteiger partial charge in [0.25, 0.3) is 0 Å². The van der Waals surface area contributed by atoms with Crippen molar-refractivity contribution in [3.05, 3.63) is 59.2 Å². The monoisotopic (exact) mass is 313 g/mol. The first kappa shape index (κ1) is 15.8. The molecule has 1 fully saturated rings. The molecule has 4 heteroatoms. The first-order valence-corrected chi connectivity index (χ1v) is 7.89. The summed E-state index contributed by atoms with van der Waals surface area (Å²) in [6.07, 6.45) is 0.697. The van der Waals surface area contributed by atoms with Crippen LogP contribution in [-0.4, -0.2) is 35.3 Å². The van der Waals surface area contributed by atoms with Crippen molar-refractivity contribution < 1.29 is 14.9 Å². The summed E-state index contributed by atoms with van der Waals surface area (Å²) in [5.41, 5.74) is 2.11. The van der Waals surface area contributed by atoms with E-state index in [0.29, 0.717) is 25.3 Å². The summed E-state index contributed by atoms with van der Waals surface area (Å²) < 4.78 is 5.16. The predicted octanol–water partition coefficient (Wildman–Crippen LogP) is 2.80. The molecule has 2 N–H and O–H groups in total. The lowest BCUT2D eigenvalue weighted by Gasteiger charge is -2.26. The minimum Gasteiger partial charge on any atom is -0.504 e. The van der Waals surface area contributed by atoms with Gasteiger partial charge in [0.05, 0.1) is 7.11 Å². The molecule has 0 saturated carbocycles. The number of aliphatic hydroxyl groups is 1. The Morgan fingerprint density at radius 1 is 1.17 bits per heavy atom. The van der Waals surface area contributed by atoms with Crippen LogP contribution in [0.15, 0.2) is 42.5 Å². The highest BCUT2D eigenvalue weighted by molar-refractivity contribution is 5.45. The third-order valence-electron chi connectivity index (χ3n) is 4.67. The molecule has 2 aromatic carbocycles. The zero-order chi connectivity index (χ0) is 16.4. The van der Waals surface area contributed by atoms with E-state index in [2.05, 4.69) is 4.90 Å². The van der Waals surface area contributed by atoms with Gasteiger partial charge < -0.3 is 14.9 Å². The van der Waals surface area contributed by atoms with Gasteiger partial charge in [0.15, 0.2) is 11.5 Å². The van der Waals surface area contributed by atoms with Crippen LogP contribution < -0.4 is 4.74 Å². The van der Waals surface area contributed by atoms with Gasteiger partial charge in [-0.05, 0) is 30.5 Å². The Kier molecular flexibility index (Phi) is 4.28. The quantitative estimate of drug-likeness (QED) is 0.911. The minimum absolute atomic E-state index is 0.182. The summed E-state index contributed by atoms with van der Waals surface area (Å²) in [5, 5.41) is 21.3. The minimum atomic E-state index is -0.820. The van der Waals surface area contributed by atoms with E-state index in [1.54, 1.807) is 13.2 Å². The normalized spacial score (nSPS) is 21.5. The second kappa shape index (κ2) is 6.22. The van der Waals surface area contributed by atoms with E-state index in [-0.39, 0.29) is 5.75 Å². The molecule has 1 saturated heterocycles. The van der Waals surface area contributed by atoms with E-state index >= 15 is 0 Å². The van der Waals surface area contributed by atoms with E-state index in [4.69, 9.17) is 4.74 Å². The molecule has 1 heterocycles. The third-order valence-corrected chi connectivity index (χ3v) is 4.67. The molecule has 0 bridgehead atoms. The fraction of sp³-hybridized carbons (Fsp3) is 0.368. The van der Waals surface area contributed by atoms with Crippen LogP contribution in [-0.2, 0) is 12.1 Å². The van der Waals surface area contributed by atoms with Crippen molar-refractivity contribution in [1.82, 2.24) is 4.90 Å². The number of benzene rings is 2. The molecular weight excluding hydrogens is 290 g/mol. The molecule has 3 rings (SSSR count). The number of β-amino-alcohol motifs (C(OH)–C–C–N with tert-alkyl or cyclic N) is 1. The Morgan fingerprint density at radius 2 is 1.96 bits per heavy atom. The van der Waals surface area contributed by atoms with Crippen molar-refractivity contribution in [1.29, 1.82) is 0 Å². The fourth-order valence-electron chi connectivity index (χ4n) is 3.42. The number of ether oxygens (including phenoxy) is 1. The van der Waals surface area contributed by atoms with Gasteiger partial charge in [0.1, 0.15) is 5.60 Å². The SMILES string of the molecule is COc1cccc(CN2CCC(O)(c3ccccc3C)C2)c1O. The predicted molar refractivity (Wildman–Crippen MR) is 89.6 cm³/mol. The van der Waals surface area contributed by atoms with E-state index in [1.165, 1.54) is 0 Å². The highest BCUT2D eigenvalue weighted by Crippen LogP contribution is 2.36. The van der Waals surface area contributed by atoms with Crippen molar-refractivity contribution in [3.63, 3.8) is 0 Å². The van der Waals surface area contributed by atoms with Gasteiger partial charge in [0.2, 0.25) is 0 Å². The molecule has 2 aromatic rings. The second-order valence-corrected chi connectivity index (χ2v) is 6.28. The van der Waals surface area contributed by atoms with Gasteiger partial charge in [-0.15, -0.1) is 0 Å². The van der Waals surface area contributed by atoms with Crippen molar-refractivity contribution >= 4 is 0 Å². The lowest BCUT2D eigenvalue weighted by Crippen LogP contribution is -2.31. The average molecular weight is 313 g/mol. The van der Waals surface area contributed by atoms with Gasteiger partial charge in [-0.3, -0.25) is 4.90 Å². The van der Waals surface area contributed by atoms with E-state index in [9.17, 15) is 10.2 Å². The van der Waals surface area contributed by atoms with Crippen LogP contribution >= 0.6 is 0 Å². The number of likely N-dealkylation sites (tertiary alicyclic amines) is 1. The molecule has 4 nitrogen and oxygen atoms in total. The smallest absolute Gasteiger partial charge is 0.162 e. The van der Waals surface area contributed by atoms with Gasteiger partial charge >= 0.3 is 0 Å². The molecule has 122 valence electrons. The molecule has 1 unspecified atom stereocenters. The van der Waals surface area contributed by atoms with Crippen LogP contribution in [0.1, 0.15) is 23.1 Å². The number of rotatable bonds is 4. The summed E-state index contributed by atoms with van der Waals surface area (Å²) in [5.74, 6) is 0.664. The Balaban J connectivity index is 1.77. The van der Waals surface area contributed by atoms with Crippen molar-refractivity contribution in [2.24, 2.45) is 0 Å². The van der Waals surface area contributed by atoms with Crippen molar-refractivity contribution in [2.45, 2.75) is 25.5 Å². The molecule has 1 atom stereocenters. The molecule has 0 aromatic heterocycles. The maximum Gasteiger partial charge on any atom is 0.162 e. The fourth-order valence-corrected chi connectivity index (χ4v) is 3.42. The molecular formula is C19H23NO3. The highest BCUT2D eigenvalue weighted by atomic mass is 16.5.